The molecule has 2 N–H and O–H groups in total. The molecule has 0 aromatic heterocycles. The zero-order chi connectivity index (χ0) is 13.1. The molecule has 2 aromatic carbocycles. The average molecular weight is 268 g/mol. The van der Waals surface area contributed by atoms with Crippen molar-refractivity contribution in [2.75, 3.05) is 0 Å². The van der Waals surface area contributed by atoms with Crippen LogP contribution in [0.15, 0.2) is 42.5 Å². The number of nitrogens with two attached hydrogens (primary N) is 1. The van der Waals surface area contributed by atoms with Gasteiger partial charge in [-0.2, -0.15) is 0 Å². The van der Waals surface area contributed by atoms with E-state index < -0.39 is 6.04 Å². The summed E-state index contributed by atoms with van der Waals surface area (Å²) in [4.78, 5) is 0. The third-order valence-corrected chi connectivity index (χ3v) is 2.96. The molecule has 1 nitrogen and oxygen atoms in total. The summed E-state index contributed by atoms with van der Waals surface area (Å²) in [5, 5.41) is 0.445. The van der Waals surface area contributed by atoms with E-state index in [0.717, 1.165) is 5.56 Å². The normalized spacial score (nSPS) is 12.4. The van der Waals surface area contributed by atoms with Gasteiger partial charge in [0, 0.05) is 16.6 Å². The van der Waals surface area contributed by atoms with Gasteiger partial charge in [-0.25, -0.2) is 8.78 Å². The van der Waals surface area contributed by atoms with Gasteiger partial charge in [-0.1, -0.05) is 23.7 Å². The van der Waals surface area contributed by atoms with E-state index in [1.807, 2.05) is 0 Å². The molecule has 1 unspecified atom stereocenters. The van der Waals surface area contributed by atoms with Gasteiger partial charge in [0.05, 0.1) is 0 Å². The monoisotopic (exact) mass is 267 g/mol. The van der Waals surface area contributed by atoms with Crippen LogP contribution in [0.25, 0.3) is 0 Å². The molecule has 0 amide bonds. The summed E-state index contributed by atoms with van der Waals surface area (Å²) in [5.74, 6) is -0.685. The lowest BCUT2D eigenvalue weighted by Crippen LogP contribution is -2.15. The van der Waals surface area contributed by atoms with Crippen molar-refractivity contribution < 1.29 is 8.78 Å². The zero-order valence-corrected chi connectivity index (χ0v) is 10.3. The molecule has 0 aliphatic rings. The molecular formula is C14H12ClF2N. The Morgan fingerprint density at radius 1 is 1.06 bits per heavy atom. The van der Waals surface area contributed by atoms with Crippen molar-refractivity contribution in [2.45, 2.75) is 12.5 Å². The Bertz CT molecular complexity index is 540. The maximum atomic E-state index is 13.6. The van der Waals surface area contributed by atoms with Gasteiger partial charge in [0.1, 0.15) is 11.6 Å². The topological polar surface area (TPSA) is 26.0 Å². The summed E-state index contributed by atoms with van der Waals surface area (Å²) in [5.41, 5.74) is 7.16. The Morgan fingerprint density at radius 2 is 1.72 bits per heavy atom. The van der Waals surface area contributed by atoms with E-state index in [4.69, 9.17) is 17.3 Å². The van der Waals surface area contributed by atoms with Crippen molar-refractivity contribution in [1.29, 1.82) is 0 Å². The van der Waals surface area contributed by atoms with Crippen LogP contribution >= 0.6 is 11.6 Å². The summed E-state index contributed by atoms with van der Waals surface area (Å²) in [6, 6.07) is 9.77. The van der Waals surface area contributed by atoms with Crippen LogP contribution in [0, 0.1) is 11.6 Å². The Kier molecular flexibility index (Phi) is 3.94. The van der Waals surface area contributed by atoms with Gasteiger partial charge < -0.3 is 5.73 Å². The van der Waals surface area contributed by atoms with Crippen LogP contribution in [0.3, 0.4) is 0 Å². The van der Waals surface area contributed by atoms with E-state index in [2.05, 4.69) is 0 Å². The smallest absolute Gasteiger partial charge is 0.128 e. The van der Waals surface area contributed by atoms with E-state index in [1.165, 1.54) is 30.3 Å². The number of benzene rings is 2. The molecular weight excluding hydrogens is 256 g/mol. The highest BCUT2D eigenvalue weighted by molar-refractivity contribution is 6.30. The molecule has 0 bridgehead atoms. The van der Waals surface area contributed by atoms with Crippen LogP contribution in [0.4, 0.5) is 8.78 Å². The van der Waals surface area contributed by atoms with Gasteiger partial charge in [-0.3, -0.25) is 0 Å². The highest BCUT2D eigenvalue weighted by Gasteiger charge is 2.12. The molecule has 2 aromatic rings. The minimum absolute atomic E-state index is 0.304. The molecule has 0 fully saturated rings. The van der Waals surface area contributed by atoms with Gasteiger partial charge >= 0.3 is 0 Å². The first-order chi connectivity index (χ1) is 8.56. The predicted molar refractivity (Wildman–Crippen MR) is 68.4 cm³/mol. The minimum Gasteiger partial charge on any atom is -0.324 e. The third-order valence-electron chi connectivity index (χ3n) is 2.73. The lowest BCUT2D eigenvalue weighted by Gasteiger charge is -2.13. The van der Waals surface area contributed by atoms with Crippen LogP contribution in [0.2, 0.25) is 5.02 Å². The van der Waals surface area contributed by atoms with Gasteiger partial charge in [-0.15, -0.1) is 0 Å². The SMILES string of the molecule is NC(Cc1ccc(F)cc1)c1cc(Cl)ccc1F. The third kappa shape index (κ3) is 3.06. The van der Waals surface area contributed by atoms with Gasteiger partial charge in [0.15, 0.2) is 0 Å². The number of rotatable bonds is 3. The summed E-state index contributed by atoms with van der Waals surface area (Å²) < 4.78 is 26.3. The molecule has 0 aliphatic carbocycles. The van der Waals surface area contributed by atoms with Crippen LogP contribution in [0.1, 0.15) is 17.2 Å². The molecule has 4 heteroatoms. The Hall–Kier alpha value is -1.45. The molecule has 2 rings (SSSR count). The Balaban J connectivity index is 2.18. The molecule has 0 heterocycles. The van der Waals surface area contributed by atoms with E-state index in [-0.39, 0.29) is 11.6 Å². The second-order valence-corrected chi connectivity index (χ2v) is 4.54. The summed E-state index contributed by atoms with van der Waals surface area (Å²) in [6.07, 6.45) is 0.428. The van der Waals surface area contributed by atoms with E-state index in [0.29, 0.717) is 17.0 Å². The van der Waals surface area contributed by atoms with E-state index in [1.54, 1.807) is 12.1 Å². The summed E-state index contributed by atoms with van der Waals surface area (Å²) >= 11 is 5.81. The van der Waals surface area contributed by atoms with Crippen LogP contribution in [-0.4, -0.2) is 0 Å². The zero-order valence-electron chi connectivity index (χ0n) is 9.54. The molecule has 18 heavy (non-hydrogen) atoms. The minimum atomic E-state index is -0.505. The largest absolute Gasteiger partial charge is 0.324 e. The maximum absolute atomic E-state index is 13.6. The molecule has 0 spiro atoms. The first-order valence-corrected chi connectivity index (χ1v) is 5.89. The molecule has 94 valence electrons. The molecule has 0 saturated carbocycles. The van der Waals surface area contributed by atoms with Crippen LogP contribution in [0.5, 0.6) is 0 Å². The molecule has 0 saturated heterocycles. The second kappa shape index (κ2) is 5.46. The van der Waals surface area contributed by atoms with Gasteiger partial charge in [0.2, 0.25) is 0 Å². The quantitative estimate of drug-likeness (QED) is 0.898. The number of hydrogen-bond donors (Lipinski definition) is 1. The van der Waals surface area contributed by atoms with Crippen molar-refractivity contribution >= 4 is 11.6 Å². The number of halogens is 3. The van der Waals surface area contributed by atoms with Crippen molar-refractivity contribution in [3.63, 3.8) is 0 Å². The van der Waals surface area contributed by atoms with Crippen molar-refractivity contribution in [3.8, 4) is 0 Å². The highest BCUT2D eigenvalue weighted by atomic mass is 35.5. The first-order valence-electron chi connectivity index (χ1n) is 5.51. The second-order valence-electron chi connectivity index (χ2n) is 4.10. The Morgan fingerprint density at radius 3 is 2.39 bits per heavy atom. The summed E-state index contributed by atoms with van der Waals surface area (Å²) in [6.45, 7) is 0. The maximum Gasteiger partial charge on any atom is 0.128 e. The van der Waals surface area contributed by atoms with Gasteiger partial charge in [-0.05, 0) is 42.3 Å². The molecule has 1 atom stereocenters. The molecule has 0 aliphatic heterocycles. The van der Waals surface area contributed by atoms with Crippen molar-refractivity contribution in [1.82, 2.24) is 0 Å². The fraction of sp³-hybridized carbons (Fsp3) is 0.143. The lowest BCUT2D eigenvalue weighted by atomic mass is 9.99. The fourth-order valence-corrected chi connectivity index (χ4v) is 1.96. The van der Waals surface area contributed by atoms with E-state index >= 15 is 0 Å². The number of hydrogen-bond acceptors (Lipinski definition) is 1. The lowest BCUT2D eigenvalue weighted by molar-refractivity contribution is 0.579. The first kappa shape index (κ1) is 13.0. The Labute approximate surface area is 109 Å². The van der Waals surface area contributed by atoms with Crippen LogP contribution in [-0.2, 0) is 6.42 Å². The van der Waals surface area contributed by atoms with Crippen molar-refractivity contribution in [2.24, 2.45) is 5.73 Å². The average Bonchev–Trinajstić information content (AvgIpc) is 2.35. The summed E-state index contributed by atoms with van der Waals surface area (Å²) in [7, 11) is 0. The predicted octanol–water partition coefficient (Wildman–Crippen LogP) is 3.86. The fourth-order valence-electron chi connectivity index (χ4n) is 1.78. The van der Waals surface area contributed by atoms with E-state index in [9.17, 15) is 8.78 Å². The molecule has 0 radical (unpaired) electrons. The van der Waals surface area contributed by atoms with Gasteiger partial charge in [0.25, 0.3) is 0 Å². The highest BCUT2D eigenvalue weighted by Crippen LogP contribution is 2.22. The van der Waals surface area contributed by atoms with Crippen molar-refractivity contribution in [3.05, 3.63) is 70.2 Å². The van der Waals surface area contributed by atoms with Crippen LogP contribution < -0.4 is 5.73 Å². The standard InChI is InChI=1S/C14H12ClF2N/c15-10-3-6-13(17)12(8-10)14(18)7-9-1-4-11(16)5-2-9/h1-6,8,14H,7,18H2.